The quantitative estimate of drug-likeness (QED) is 0.431. The molecular weight excluding hydrogens is 220 g/mol. The first-order valence-corrected chi connectivity index (χ1v) is 4.67. The molecule has 0 aliphatic carbocycles. The second-order valence-corrected chi connectivity index (χ2v) is 3.59. The van der Waals surface area contributed by atoms with Gasteiger partial charge >= 0.3 is 0 Å². The van der Waals surface area contributed by atoms with Crippen molar-refractivity contribution < 1.29 is 4.84 Å². The molecular formula is C8H13BrN2O. The summed E-state index contributed by atoms with van der Waals surface area (Å²) in [5.74, 6) is 0. The predicted molar refractivity (Wildman–Crippen MR) is 53.0 cm³/mol. The van der Waals surface area contributed by atoms with E-state index >= 15 is 0 Å². The van der Waals surface area contributed by atoms with E-state index in [0.717, 1.165) is 17.6 Å². The van der Waals surface area contributed by atoms with Crippen molar-refractivity contribution in [3.8, 4) is 0 Å². The van der Waals surface area contributed by atoms with Gasteiger partial charge in [-0.25, -0.2) is 0 Å². The Kier molecular flexibility index (Phi) is 4.53. The zero-order chi connectivity index (χ0) is 8.81. The van der Waals surface area contributed by atoms with E-state index in [1.54, 1.807) is 6.08 Å². The van der Waals surface area contributed by atoms with Crippen LogP contribution in [0.4, 0.5) is 0 Å². The van der Waals surface area contributed by atoms with Gasteiger partial charge in [-0.2, -0.15) is 5.48 Å². The van der Waals surface area contributed by atoms with Crippen LogP contribution in [0.2, 0.25) is 0 Å². The molecule has 0 saturated carbocycles. The summed E-state index contributed by atoms with van der Waals surface area (Å²) in [6.07, 6.45) is 3.81. The Hall–Kier alpha value is -0.160. The number of hydroxylamine groups is 1. The second kappa shape index (κ2) is 5.48. The highest BCUT2D eigenvalue weighted by atomic mass is 79.9. The van der Waals surface area contributed by atoms with E-state index in [9.17, 15) is 0 Å². The van der Waals surface area contributed by atoms with E-state index in [-0.39, 0.29) is 6.04 Å². The Bertz CT molecular complexity index is 182. The fourth-order valence-corrected chi connectivity index (χ4v) is 1.49. The van der Waals surface area contributed by atoms with Crippen LogP contribution < -0.4 is 10.8 Å². The maximum absolute atomic E-state index is 5.10. The largest absolute Gasteiger partial charge is 0.310 e. The maximum Gasteiger partial charge on any atom is 0.0861 e. The minimum Gasteiger partial charge on any atom is -0.310 e. The lowest BCUT2D eigenvalue weighted by atomic mass is 10.2. The molecule has 0 spiro atoms. The lowest BCUT2D eigenvalue weighted by Crippen LogP contribution is -2.41. The lowest BCUT2D eigenvalue weighted by Gasteiger charge is -2.20. The summed E-state index contributed by atoms with van der Waals surface area (Å²) in [6, 6.07) is 0.244. The van der Waals surface area contributed by atoms with E-state index in [4.69, 9.17) is 4.84 Å². The van der Waals surface area contributed by atoms with Crippen molar-refractivity contribution in [3.63, 3.8) is 0 Å². The van der Waals surface area contributed by atoms with E-state index in [1.807, 2.05) is 0 Å². The highest BCUT2D eigenvalue weighted by Crippen LogP contribution is 2.08. The van der Waals surface area contributed by atoms with E-state index < -0.39 is 0 Å². The molecule has 0 aromatic heterocycles. The van der Waals surface area contributed by atoms with Crippen LogP contribution in [0.1, 0.15) is 0 Å². The maximum atomic E-state index is 5.10. The molecule has 0 fully saturated rings. The van der Waals surface area contributed by atoms with Crippen LogP contribution in [0.25, 0.3) is 0 Å². The highest BCUT2D eigenvalue weighted by Gasteiger charge is 2.10. The van der Waals surface area contributed by atoms with Crippen molar-refractivity contribution >= 4 is 15.9 Å². The summed E-state index contributed by atoms with van der Waals surface area (Å²) in [4.78, 5) is 5.10. The summed E-state index contributed by atoms with van der Waals surface area (Å²) in [5, 5.41) is 3.23. The summed E-state index contributed by atoms with van der Waals surface area (Å²) in [7, 11) is 0. The highest BCUT2D eigenvalue weighted by molar-refractivity contribution is 9.11. The van der Waals surface area contributed by atoms with Crippen molar-refractivity contribution in [2.75, 3.05) is 19.7 Å². The van der Waals surface area contributed by atoms with Gasteiger partial charge in [0.05, 0.1) is 12.6 Å². The molecule has 0 bridgehead atoms. The van der Waals surface area contributed by atoms with Crippen molar-refractivity contribution in [1.82, 2.24) is 10.8 Å². The molecule has 1 aliphatic rings. The Morgan fingerprint density at radius 3 is 3.42 bits per heavy atom. The first-order chi connectivity index (χ1) is 5.83. The molecule has 1 heterocycles. The molecule has 1 unspecified atom stereocenters. The van der Waals surface area contributed by atoms with Crippen LogP contribution in [0.15, 0.2) is 23.2 Å². The van der Waals surface area contributed by atoms with Crippen LogP contribution in [0, 0.1) is 0 Å². The lowest BCUT2D eigenvalue weighted by molar-refractivity contribution is 0.0456. The van der Waals surface area contributed by atoms with Crippen molar-refractivity contribution in [3.05, 3.63) is 23.2 Å². The third kappa shape index (κ3) is 3.49. The first-order valence-electron chi connectivity index (χ1n) is 3.88. The minimum atomic E-state index is 0.244. The topological polar surface area (TPSA) is 33.3 Å². The van der Waals surface area contributed by atoms with Gasteiger partial charge in [-0.1, -0.05) is 28.1 Å². The normalized spacial score (nSPS) is 23.4. The summed E-state index contributed by atoms with van der Waals surface area (Å²) >= 11 is 3.42. The van der Waals surface area contributed by atoms with E-state index in [0.29, 0.717) is 6.61 Å². The second-order valence-electron chi connectivity index (χ2n) is 2.57. The molecule has 1 aliphatic heterocycles. The Morgan fingerprint density at radius 1 is 1.92 bits per heavy atom. The van der Waals surface area contributed by atoms with Crippen molar-refractivity contribution in [2.24, 2.45) is 0 Å². The number of halogens is 1. The molecule has 0 aromatic rings. The fourth-order valence-electron chi connectivity index (χ4n) is 0.973. The molecule has 1 atom stereocenters. The third-order valence-electron chi connectivity index (χ3n) is 1.48. The molecule has 0 amide bonds. The van der Waals surface area contributed by atoms with Gasteiger partial charge in [0.15, 0.2) is 0 Å². The van der Waals surface area contributed by atoms with Crippen LogP contribution in [-0.4, -0.2) is 25.7 Å². The van der Waals surface area contributed by atoms with Crippen LogP contribution in [0.5, 0.6) is 0 Å². The summed E-state index contributed by atoms with van der Waals surface area (Å²) in [6.45, 7) is 5.88. The Labute approximate surface area is 80.9 Å². The standard InChI is InChI=1S/C8H13BrN2O/c1-2-3-12-11-8-4-7(9)5-10-6-8/h2,4,8,10-11H,1,3,5-6H2. The van der Waals surface area contributed by atoms with Crippen molar-refractivity contribution in [2.45, 2.75) is 6.04 Å². The zero-order valence-electron chi connectivity index (χ0n) is 6.85. The number of rotatable bonds is 4. The van der Waals surface area contributed by atoms with E-state index in [2.05, 4.69) is 39.4 Å². The first kappa shape index (κ1) is 9.92. The molecule has 1 rings (SSSR count). The van der Waals surface area contributed by atoms with E-state index in [1.165, 1.54) is 0 Å². The van der Waals surface area contributed by atoms with Gasteiger partial charge in [-0.05, 0) is 0 Å². The monoisotopic (exact) mass is 232 g/mol. The molecule has 2 N–H and O–H groups in total. The number of nitrogens with one attached hydrogen (secondary N) is 2. The average Bonchev–Trinajstić information content (AvgIpc) is 2.05. The fraction of sp³-hybridized carbons (Fsp3) is 0.500. The van der Waals surface area contributed by atoms with Gasteiger partial charge in [-0.3, -0.25) is 4.84 Å². The average molecular weight is 233 g/mol. The molecule has 0 saturated heterocycles. The van der Waals surface area contributed by atoms with Gasteiger partial charge in [0, 0.05) is 17.6 Å². The van der Waals surface area contributed by atoms with Gasteiger partial charge in [0.2, 0.25) is 0 Å². The number of hydrogen-bond donors (Lipinski definition) is 2. The molecule has 0 aromatic carbocycles. The molecule has 3 nitrogen and oxygen atoms in total. The van der Waals surface area contributed by atoms with Gasteiger partial charge < -0.3 is 5.32 Å². The Morgan fingerprint density at radius 2 is 2.75 bits per heavy atom. The minimum absolute atomic E-state index is 0.244. The summed E-state index contributed by atoms with van der Waals surface area (Å²) < 4.78 is 1.16. The molecule has 68 valence electrons. The van der Waals surface area contributed by atoms with Gasteiger partial charge in [0.25, 0.3) is 0 Å². The molecule has 4 heteroatoms. The predicted octanol–water partition coefficient (Wildman–Crippen LogP) is 0.944. The summed E-state index contributed by atoms with van der Waals surface area (Å²) in [5.41, 5.74) is 2.91. The SMILES string of the molecule is C=CCONC1C=C(Br)CNC1. The third-order valence-corrected chi connectivity index (χ3v) is 2.02. The van der Waals surface area contributed by atoms with Gasteiger partial charge in [0.1, 0.15) is 0 Å². The number of hydrogen-bond acceptors (Lipinski definition) is 3. The molecule has 0 radical (unpaired) electrons. The van der Waals surface area contributed by atoms with Crippen LogP contribution >= 0.6 is 15.9 Å². The van der Waals surface area contributed by atoms with Crippen LogP contribution in [-0.2, 0) is 4.84 Å². The zero-order valence-corrected chi connectivity index (χ0v) is 8.43. The van der Waals surface area contributed by atoms with Crippen molar-refractivity contribution in [1.29, 1.82) is 0 Å². The van der Waals surface area contributed by atoms with Crippen LogP contribution in [0.3, 0.4) is 0 Å². The molecule has 12 heavy (non-hydrogen) atoms. The van der Waals surface area contributed by atoms with Gasteiger partial charge in [-0.15, -0.1) is 6.58 Å². The smallest absolute Gasteiger partial charge is 0.0861 e. The Balaban J connectivity index is 2.22.